The fourth-order valence-electron chi connectivity index (χ4n) is 2.85. The summed E-state index contributed by atoms with van der Waals surface area (Å²) in [5.41, 5.74) is 8.57. The lowest BCUT2D eigenvalue weighted by Crippen LogP contribution is -2.44. The molecule has 1 fully saturated rings. The number of carbonyl (C=O) groups is 2. The van der Waals surface area contributed by atoms with Gasteiger partial charge in [0.1, 0.15) is 0 Å². The average molecular weight is 312 g/mol. The molecule has 120 valence electrons. The van der Waals surface area contributed by atoms with Gasteiger partial charge in [-0.2, -0.15) is 0 Å². The molecule has 6 nitrogen and oxygen atoms in total. The van der Waals surface area contributed by atoms with Crippen LogP contribution in [0.5, 0.6) is 0 Å². The number of aryl methyl sites for hydroxylation is 2. The first-order valence-electron chi connectivity index (χ1n) is 7.90. The van der Waals surface area contributed by atoms with Gasteiger partial charge >= 0.3 is 0 Å². The average Bonchev–Trinajstić information content (AvgIpc) is 3.07. The first-order valence-corrected chi connectivity index (χ1v) is 7.90. The van der Waals surface area contributed by atoms with Crippen molar-refractivity contribution in [3.63, 3.8) is 0 Å². The van der Waals surface area contributed by atoms with Crippen molar-refractivity contribution < 1.29 is 9.59 Å². The Kier molecular flexibility index (Phi) is 4.23. The SMILES string of the molecule is Cc1nc2ccc(C(=O)NNC(=O)C3CCCC3)cc2nc1C. The minimum atomic E-state index is -0.349. The molecule has 0 aliphatic heterocycles. The van der Waals surface area contributed by atoms with Crippen LogP contribution in [0.2, 0.25) is 0 Å². The van der Waals surface area contributed by atoms with Crippen LogP contribution in [-0.2, 0) is 4.79 Å². The lowest BCUT2D eigenvalue weighted by Gasteiger charge is -2.11. The Morgan fingerprint density at radius 3 is 2.35 bits per heavy atom. The van der Waals surface area contributed by atoms with Crippen LogP contribution in [0, 0.1) is 19.8 Å². The quantitative estimate of drug-likeness (QED) is 0.833. The molecule has 2 aromatic rings. The van der Waals surface area contributed by atoms with Crippen molar-refractivity contribution in [3.05, 3.63) is 35.2 Å². The van der Waals surface area contributed by atoms with Crippen molar-refractivity contribution in [3.8, 4) is 0 Å². The minimum absolute atomic E-state index is 0.0170. The number of fused-ring (bicyclic) bond motifs is 1. The van der Waals surface area contributed by atoms with Crippen LogP contribution in [0.4, 0.5) is 0 Å². The number of benzene rings is 1. The largest absolute Gasteiger partial charge is 0.273 e. The number of carbonyl (C=O) groups excluding carboxylic acids is 2. The van der Waals surface area contributed by atoms with E-state index in [4.69, 9.17) is 0 Å². The predicted molar refractivity (Wildman–Crippen MR) is 86.6 cm³/mol. The van der Waals surface area contributed by atoms with E-state index < -0.39 is 0 Å². The molecule has 0 atom stereocenters. The molecule has 0 unspecified atom stereocenters. The molecule has 1 saturated carbocycles. The molecule has 2 N–H and O–H groups in total. The van der Waals surface area contributed by atoms with E-state index >= 15 is 0 Å². The van der Waals surface area contributed by atoms with Gasteiger partial charge in [0.2, 0.25) is 5.91 Å². The summed E-state index contributed by atoms with van der Waals surface area (Å²) in [6.45, 7) is 3.79. The molecule has 23 heavy (non-hydrogen) atoms. The van der Waals surface area contributed by atoms with Gasteiger partial charge in [0.05, 0.1) is 22.4 Å². The second-order valence-corrected chi connectivity index (χ2v) is 6.02. The van der Waals surface area contributed by atoms with E-state index in [2.05, 4.69) is 20.8 Å². The van der Waals surface area contributed by atoms with E-state index in [-0.39, 0.29) is 17.7 Å². The molecule has 1 aromatic heterocycles. The van der Waals surface area contributed by atoms with Crippen molar-refractivity contribution in [1.29, 1.82) is 0 Å². The van der Waals surface area contributed by atoms with Crippen molar-refractivity contribution in [1.82, 2.24) is 20.8 Å². The molecule has 6 heteroatoms. The maximum atomic E-state index is 12.2. The standard InChI is InChI=1S/C17H20N4O2/c1-10-11(2)19-15-9-13(7-8-14(15)18-10)17(23)21-20-16(22)12-5-3-4-6-12/h7-9,12H,3-6H2,1-2H3,(H,20,22)(H,21,23). The summed E-state index contributed by atoms with van der Waals surface area (Å²) in [7, 11) is 0. The number of hydrazine groups is 1. The van der Waals surface area contributed by atoms with Gasteiger partial charge in [-0.3, -0.25) is 20.4 Å². The van der Waals surface area contributed by atoms with E-state index in [1.54, 1.807) is 18.2 Å². The Balaban J connectivity index is 1.70. The van der Waals surface area contributed by atoms with Crippen LogP contribution in [0.1, 0.15) is 47.4 Å². The molecule has 1 aliphatic carbocycles. The third-order valence-corrected chi connectivity index (χ3v) is 4.36. The lowest BCUT2D eigenvalue weighted by molar-refractivity contribution is -0.125. The zero-order chi connectivity index (χ0) is 16.4. The van der Waals surface area contributed by atoms with Gasteiger partial charge in [-0.1, -0.05) is 12.8 Å². The fourth-order valence-corrected chi connectivity index (χ4v) is 2.85. The summed E-state index contributed by atoms with van der Waals surface area (Å²) < 4.78 is 0. The van der Waals surface area contributed by atoms with E-state index in [1.165, 1.54) is 0 Å². The van der Waals surface area contributed by atoms with E-state index in [0.29, 0.717) is 11.1 Å². The molecular formula is C17H20N4O2. The summed E-state index contributed by atoms with van der Waals surface area (Å²) in [6, 6.07) is 5.14. The maximum Gasteiger partial charge on any atom is 0.269 e. The van der Waals surface area contributed by atoms with Gasteiger partial charge in [0.15, 0.2) is 0 Å². The highest BCUT2D eigenvalue weighted by molar-refractivity contribution is 5.98. The van der Waals surface area contributed by atoms with E-state index in [9.17, 15) is 9.59 Å². The third-order valence-electron chi connectivity index (χ3n) is 4.36. The molecule has 0 saturated heterocycles. The van der Waals surface area contributed by atoms with Crippen LogP contribution in [-0.4, -0.2) is 21.8 Å². The molecule has 3 rings (SSSR count). The molecule has 1 aromatic carbocycles. The molecule has 1 heterocycles. The lowest BCUT2D eigenvalue weighted by atomic mass is 10.1. The molecule has 0 spiro atoms. The first-order chi connectivity index (χ1) is 11.0. The summed E-state index contributed by atoms with van der Waals surface area (Å²) in [4.78, 5) is 33.0. The summed E-state index contributed by atoms with van der Waals surface area (Å²) in [5.74, 6) is -0.440. The number of aromatic nitrogens is 2. The second kappa shape index (κ2) is 6.32. The predicted octanol–water partition coefficient (Wildman–Crippen LogP) is 2.20. The zero-order valence-electron chi connectivity index (χ0n) is 13.3. The van der Waals surface area contributed by atoms with Gasteiger partial charge in [0.25, 0.3) is 5.91 Å². The van der Waals surface area contributed by atoms with Crippen LogP contribution >= 0.6 is 0 Å². The first kappa shape index (κ1) is 15.4. The van der Waals surface area contributed by atoms with Crippen LogP contribution < -0.4 is 10.9 Å². The Morgan fingerprint density at radius 1 is 1.00 bits per heavy atom. The van der Waals surface area contributed by atoms with Crippen LogP contribution in [0.3, 0.4) is 0 Å². The Hall–Kier alpha value is -2.50. The number of nitrogens with zero attached hydrogens (tertiary/aromatic N) is 2. The number of amides is 2. The second-order valence-electron chi connectivity index (χ2n) is 6.02. The minimum Gasteiger partial charge on any atom is -0.273 e. The number of hydrogen-bond donors (Lipinski definition) is 2. The highest BCUT2D eigenvalue weighted by atomic mass is 16.2. The Morgan fingerprint density at radius 2 is 1.65 bits per heavy atom. The van der Waals surface area contributed by atoms with Crippen LogP contribution in [0.25, 0.3) is 11.0 Å². The third kappa shape index (κ3) is 3.31. The van der Waals surface area contributed by atoms with E-state index in [1.807, 2.05) is 13.8 Å². The van der Waals surface area contributed by atoms with Crippen molar-refractivity contribution in [2.24, 2.45) is 5.92 Å². The molecule has 0 bridgehead atoms. The van der Waals surface area contributed by atoms with Gasteiger partial charge in [0, 0.05) is 11.5 Å². The topological polar surface area (TPSA) is 84.0 Å². The highest BCUT2D eigenvalue weighted by Gasteiger charge is 2.22. The molecule has 1 aliphatic rings. The molecule has 2 amide bonds. The van der Waals surface area contributed by atoms with Gasteiger partial charge in [-0.15, -0.1) is 0 Å². The van der Waals surface area contributed by atoms with Crippen molar-refractivity contribution in [2.45, 2.75) is 39.5 Å². The summed E-state index contributed by atoms with van der Waals surface area (Å²) in [5, 5.41) is 0. The summed E-state index contributed by atoms with van der Waals surface area (Å²) in [6.07, 6.45) is 3.94. The van der Waals surface area contributed by atoms with E-state index in [0.717, 1.165) is 42.6 Å². The van der Waals surface area contributed by atoms with Crippen molar-refractivity contribution in [2.75, 3.05) is 0 Å². The number of nitrogens with one attached hydrogen (secondary N) is 2. The molecular weight excluding hydrogens is 292 g/mol. The number of hydrogen-bond acceptors (Lipinski definition) is 4. The van der Waals surface area contributed by atoms with Gasteiger partial charge in [-0.25, -0.2) is 9.97 Å². The zero-order valence-corrected chi connectivity index (χ0v) is 13.3. The van der Waals surface area contributed by atoms with Gasteiger partial charge < -0.3 is 0 Å². The monoisotopic (exact) mass is 312 g/mol. The smallest absolute Gasteiger partial charge is 0.269 e. The molecule has 0 radical (unpaired) electrons. The number of rotatable bonds is 2. The Labute approximate surface area is 134 Å². The maximum absolute atomic E-state index is 12.2. The van der Waals surface area contributed by atoms with Crippen molar-refractivity contribution >= 4 is 22.8 Å². The van der Waals surface area contributed by atoms with Gasteiger partial charge in [-0.05, 0) is 44.9 Å². The summed E-state index contributed by atoms with van der Waals surface area (Å²) >= 11 is 0. The Bertz CT molecular complexity index is 767. The fraction of sp³-hybridized carbons (Fsp3) is 0.412. The highest BCUT2D eigenvalue weighted by Crippen LogP contribution is 2.24. The normalized spacial score (nSPS) is 14.9. The van der Waals surface area contributed by atoms with Crippen LogP contribution in [0.15, 0.2) is 18.2 Å².